The molecule has 1 spiro atoms. The largest absolute Gasteiger partial charge is 0.370 e. The Bertz CT molecular complexity index is 627. The SMILES string of the molecule is NC(=O)C1CC2(CCC(=O)CCC(=O)C2)[C@@H](CCCN=C(N)N)C(=O)N1. The lowest BCUT2D eigenvalue weighted by Crippen LogP contribution is -2.59. The van der Waals surface area contributed by atoms with E-state index in [0.717, 1.165) is 0 Å². The highest BCUT2D eigenvalue weighted by Crippen LogP contribution is 2.47. The van der Waals surface area contributed by atoms with Crippen molar-refractivity contribution < 1.29 is 19.2 Å². The molecule has 9 nitrogen and oxygen atoms in total. The maximum atomic E-state index is 12.7. The third kappa shape index (κ3) is 4.80. The predicted molar refractivity (Wildman–Crippen MR) is 94.7 cm³/mol. The quantitative estimate of drug-likeness (QED) is 0.280. The monoisotopic (exact) mass is 365 g/mol. The van der Waals surface area contributed by atoms with Crippen molar-refractivity contribution in [2.24, 2.45) is 33.5 Å². The summed E-state index contributed by atoms with van der Waals surface area (Å²) in [4.78, 5) is 52.6. The number of nitrogens with two attached hydrogens (primary N) is 3. The van der Waals surface area contributed by atoms with Crippen LogP contribution in [0.2, 0.25) is 0 Å². The second-order valence-corrected chi connectivity index (χ2v) is 7.29. The van der Waals surface area contributed by atoms with Crippen molar-refractivity contribution in [2.45, 2.75) is 57.4 Å². The molecule has 9 heteroatoms. The minimum atomic E-state index is -0.821. The highest BCUT2D eigenvalue weighted by molar-refractivity contribution is 5.92. The minimum absolute atomic E-state index is 0.0123. The number of piperidine rings is 1. The molecule has 1 saturated heterocycles. The third-order valence-corrected chi connectivity index (χ3v) is 5.41. The molecule has 2 aliphatic rings. The highest BCUT2D eigenvalue weighted by atomic mass is 16.2. The number of primary amides is 1. The van der Waals surface area contributed by atoms with Crippen molar-refractivity contribution in [1.82, 2.24) is 5.32 Å². The summed E-state index contributed by atoms with van der Waals surface area (Å²) in [6, 6.07) is -0.821. The summed E-state index contributed by atoms with van der Waals surface area (Å²) in [5.41, 5.74) is 15.3. The first-order valence-electron chi connectivity index (χ1n) is 8.92. The molecular formula is C17H27N5O4. The van der Waals surface area contributed by atoms with Crippen LogP contribution < -0.4 is 22.5 Å². The summed E-state index contributed by atoms with van der Waals surface area (Å²) in [6.07, 6.45) is 2.62. The highest BCUT2D eigenvalue weighted by Gasteiger charge is 2.50. The summed E-state index contributed by atoms with van der Waals surface area (Å²) in [7, 11) is 0. The molecule has 2 unspecified atom stereocenters. The van der Waals surface area contributed by atoms with E-state index < -0.39 is 23.3 Å². The van der Waals surface area contributed by atoms with E-state index in [0.29, 0.717) is 32.2 Å². The van der Waals surface area contributed by atoms with Crippen LogP contribution in [0, 0.1) is 11.3 Å². The van der Waals surface area contributed by atoms with E-state index in [-0.39, 0.29) is 49.1 Å². The molecule has 0 aromatic carbocycles. The second-order valence-electron chi connectivity index (χ2n) is 7.29. The van der Waals surface area contributed by atoms with E-state index in [9.17, 15) is 19.2 Å². The molecule has 1 heterocycles. The van der Waals surface area contributed by atoms with Crippen LogP contribution in [0.3, 0.4) is 0 Å². The van der Waals surface area contributed by atoms with Crippen molar-refractivity contribution in [3.8, 4) is 0 Å². The van der Waals surface area contributed by atoms with Gasteiger partial charge in [0.25, 0.3) is 0 Å². The molecule has 0 aromatic heterocycles. The van der Waals surface area contributed by atoms with E-state index in [1.807, 2.05) is 0 Å². The number of carbonyl (C=O) groups is 4. The molecule has 2 amide bonds. The fraction of sp³-hybridized carbons (Fsp3) is 0.706. The Morgan fingerprint density at radius 2 is 1.81 bits per heavy atom. The molecule has 2 rings (SSSR count). The first-order chi connectivity index (χ1) is 12.2. The molecule has 2 fully saturated rings. The van der Waals surface area contributed by atoms with Crippen molar-refractivity contribution in [1.29, 1.82) is 0 Å². The van der Waals surface area contributed by atoms with Crippen molar-refractivity contribution in [3.63, 3.8) is 0 Å². The first kappa shape index (κ1) is 19.9. The molecule has 1 aliphatic heterocycles. The molecule has 7 N–H and O–H groups in total. The van der Waals surface area contributed by atoms with Crippen LogP contribution in [0.1, 0.15) is 51.4 Å². The summed E-state index contributed by atoms with van der Waals surface area (Å²) < 4.78 is 0. The number of amides is 2. The van der Waals surface area contributed by atoms with Crippen LogP contribution in [0.25, 0.3) is 0 Å². The minimum Gasteiger partial charge on any atom is -0.370 e. The third-order valence-electron chi connectivity index (χ3n) is 5.41. The molecule has 26 heavy (non-hydrogen) atoms. The van der Waals surface area contributed by atoms with Crippen LogP contribution in [0.5, 0.6) is 0 Å². The molecule has 0 radical (unpaired) electrons. The maximum absolute atomic E-state index is 12.7. The Labute approximate surface area is 152 Å². The summed E-state index contributed by atoms with van der Waals surface area (Å²) in [5.74, 6) is -1.47. The Balaban J connectivity index is 2.26. The normalized spacial score (nSPS) is 29.6. The van der Waals surface area contributed by atoms with Gasteiger partial charge in [-0.2, -0.15) is 0 Å². The molecule has 144 valence electrons. The standard InChI is InChI=1S/C17H27N5O4/c18-14(25)13-9-17(6-5-10(23)3-4-11(24)8-17)12(15(26)22-13)2-1-7-21-16(19)20/h12-13H,1-9H2,(H2,18,25)(H,22,26)(H4,19,20,21)/t12-,13?,17?/m0/s1. The Hall–Kier alpha value is -2.45. The van der Waals surface area contributed by atoms with Gasteiger partial charge in [0, 0.05) is 38.1 Å². The van der Waals surface area contributed by atoms with Crippen LogP contribution in [0.4, 0.5) is 0 Å². The zero-order valence-electron chi connectivity index (χ0n) is 14.8. The van der Waals surface area contributed by atoms with Gasteiger partial charge >= 0.3 is 0 Å². The van der Waals surface area contributed by atoms with Gasteiger partial charge < -0.3 is 22.5 Å². The van der Waals surface area contributed by atoms with E-state index in [4.69, 9.17) is 17.2 Å². The number of carbonyl (C=O) groups excluding carboxylic acids is 4. The average Bonchev–Trinajstić information content (AvgIpc) is 2.55. The Morgan fingerprint density at radius 1 is 1.12 bits per heavy atom. The van der Waals surface area contributed by atoms with Crippen molar-refractivity contribution in [3.05, 3.63) is 0 Å². The second kappa shape index (κ2) is 8.29. The summed E-state index contributed by atoms with van der Waals surface area (Å²) >= 11 is 0. The smallest absolute Gasteiger partial charge is 0.240 e. The van der Waals surface area contributed by atoms with Crippen LogP contribution in [-0.2, 0) is 19.2 Å². The van der Waals surface area contributed by atoms with Gasteiger partial charge in [0.1, 0.15) is 17.6 Å². The molecule has 1 saturated carbocycles. The molecule has 0 aromatic rings. The molecular weight excluding hydrogens is 338 g/mol. The van der Waals surface area contributed by atoms with Gasteiger partial charge in [0.2, 0.25) is 11.8 Å². The summed E-state index contributed by atoms with van der Waals surface area (Å²) in [5, 5.41) is 2.65. The first-order valence-corrected chi connectivity index (χ1v) is 8.92. The zero-order valence-corrected chi connectivity index (χ0v) is 14.8. The van der Waals surface area contributed by atoms with E-state index in [1.54, 1.807) is 0 Å². The van der Waals surface area contributed by atoms with Crippen LogP contribution in [0.15, 0.2) is 4.99 Å². The van der Waals surface area contributed by atoms with Crippen LogP contribution >= 0.6 is 0 Å². The lowest BCUT2D eigenvalue weighted by Gasteiger charge is -2.46. The Morgan fingerprint density at radius 3 is 2.46 bits per heavy atom. The summed E-state index contributed by atoms with van der Waals surface area (Å²) in [6.45, 7) is 0.369. The fourth-order valence-corrected chi connectivity index (χ4v) is 4.10. The van der Waals surface area contributed by atoms with E-state index in [2.05, 4.69) is 10.3 Å². The zero-order chi connectivity index (χ0) is 19.3. The number of aliphatic imine (C=N–C) groups is 1. The average molecular weight is 365 g/mol. The molecule has 0 bridgehead atoms. The lowest BCUT2D eigenvalue weighted by atomic mass is 9.60. The van der Waals surface area contributed by atoms with Gasteiger partial charge in [-0.25, -0.2) is 0 Å². The van der Waals surface area contributed by atoms with Crippen molar-refractivity contribution in [2.75, 3.05) is 6.54 Å². The van der Waals surface area contributed by atoms with Gasteiger partial charge in [-0.1, -0.05) is 0 Å². The number of nitrogens with one attached hydrogen (secondary N) is 1. The van der Waals surface area contributed by atoms with Crippen LogP contribution in [-0.4, -0.2) is 41.9 Å². The van der Waals surface area contributed by atoms with E-state index in [1.165, 1.54) is 0 Å². The number of rotatable bonds is 5. The number of Topliss-reactive ketones (excluding diaryl/α,β-unsaturated/α-hetero) is 2. The van der Waals surface area contributed by atoms with Gasteiger partial charge in [-0.05, 0) is 31.1 Å². The Kier molecular flexibility index (Phi) is 6.33. The molecule has 3 atom stereocenters. The predicted octanol–water partition coefficient (Wildman–Crippen LogP) is -0.881. The topological polar surface area (TPSA) is 171 Å². The number of hydrogen-bond donors (Lipinski definition) is 4. The van der Waals surface area contributed by atoms with Gasteiger partial charge in [-0.15, -0.1) is 0 Å². The van der Waals surface area contributed by atoms with Gasteiger partial charge in [0.15, 0.2) is 5.96 Å². The number of ketones is 2. The van der Waals surface area contributed by atoms with Crippen molar-refractivity contribution >= 4 is 29.3 Å². The lowest BCUT2D eigenvalue weighted by molar-refractivity contribution is -0.144. The number of guanidine groups is 1. The maximum Gasteiger partial charge on any atom is 0.240 e. The number of hydrogen-bond acceptors (Lipinski definition) is 5. The number of nitrogens with zero attached hydrogens (tertiary/aromatic N) is 1. The van der Waals surface area contributed by atoms with E-state index >= 15 is 0 Å². The van der Waals surface area contributed by atoms with Gasteiger partial charge in [0.05, 0.1) is 0 Å². The fourth-order valence-electron chi connectivity index (χ4n) is 4.10. The molecule has 1 aliphatic carbocycles. The van der Waals surface area contributed by atoms with Gasteiger partial charge in [-0.3, -0.25) is 24.2 Å².